The van der Waals surface area contributed by atoms with Crippen LogP contribution in [0.1, 0.15) is 27.9 Å². The van der Waals surface area contributed by atoms with Gasteiger partial charge in [0.05, 0.1) is 22.9 Å². The summed E-state index contributed by atoms with van der Waals surface area (Å²) < 4.78 is 19.5. The number of ether oxygens (including phenoxy) is 1. The monoisotopic (exact) mass is 492 g/mol. The van der Waals surface area contributed by atoms with Gasteiger partial charge in [-0.1, -0.05) is 34.8 Å². The first-order chi connectivity index (χ1) is 15.2. The van der Waals surface area contributed by atoms with Crippen LogP contribution in [0.4, 0.5) is 4.39 Å². The molecular formula is C23H16Cl3FN2O3. The average molecular weight is 494 g/mol. The molecule has 1 unspecified atom stereocenters. The van der Waals surface area contributed by atoms with Crippen LogP contribution in [-0.4, -0.2) is 28.8 Å². The van der Waals surface area contributed by atoms with E-state index in [4.69, 9.17) is 39.5 Å². The predicted octanol–water partition coefficient (Wildman–Crippen LogP) is 5.89. The molecule has 1 atom stereocenters. The molecule has 1 aliphatic rings. The summed E-state index contributed by atoms with van der Waals surface area (Å²) in [7, 11) is 1.55. The number of hydrazone groups is 1. The smallest absolute Gasteiger partial charge is 0.276 e. The van der Waals surface area contributed by atoms with Gasteiger partial charge >= 0.3 is 0 Å². The third-order valence-corrected chi connectivity index (χ3v) is 5.99. The van der Waals surface area contributed by atoms with Crippen molar-refractivity contribution in [2.75, 3.05) is 7.11 Å². The van der Waals surface area contributed by atoms with Crippen molar-refractivity contribution in [3.05, 3.63) is 98.2 Å². The molecule has 0 saturated heterocycles. The zero-order valence-corrected chi connectivity index (χ0v) is 18.9. The molecule has 0 spiro atoms. The lowest BCUT2D eigenvalue weighted by Crippen LogP contribution is -2.43. The van der Waals surface area contributed by atoms with Gasteiger partial charge in [0.15, 0.2) is 5.72 Å². The van der Waals surface area contributed by atoms with Gasteiger partial charge in [0.25, 0.3) is 5.91 Å². The average Bonchev–Trinajstić information content (AvgIpc) is 3.14. The first kappa shape index (κ1) is 22.6. The number of amides is 1. The summed E-state index contributed by atoms with van der Waals surface area (Å²) in [6.45, 7) is 0. The van der Waals surface area contributed by atoms with Crippen molar-refractivity contribution in [3.8, 4) is 5.75 Å². The second-order valence-electron chi connectivity index (χ2n) is 7.14. The summed E-state index contributed by atoms with van der Waals surface area (Å²) in [4.78, 5) is 13.3. The number of halogens is 4. The minimum Gasteiger partial charge on any atom is -0.497 e. The number of carbonyl (C=O) groups excluding carboxylic acids is 1. The minimum atomic E-state index is -2.05. The quantitative estimate of drug-likeness (QED) is 0.461. The number of hydrogen-bond acceptors (Lipinski definition) is 4. The van der Waals surface area contributed by atoms with E-state index in [0.717, 1.165) is 11.1 Å². The third kappa shape index (κ3) is 4.07. The summed E-state index contributed by atoms with van der Waals surface area (Å²) in [6.07, 6.45) is -0.126. The molecule has 1 N–H and O–H groups in total. The number of benzene rings is 3. The van der Waals surface area contributed by atoms with Gasteiger partial charge in [-0.25, -0.2) is 4.39 Å². The zero-order valence-electron chi connectivity index (χ0n) is 16.7. The molecule has 3 aromatic carbocycles. The van der Waals surface area contributed by atoms with E-state index in [9.17, 15) is 14.3 Å². The first-order valence-electron chi connectivity index (χ1n) is 9.42. The zero-order chi connectivity index (χ0) is 23.0. The van der Waals surface area contributed by atoms with E-state index < -0.39 is 17.4 Å². The molecule has 4 rings (SSSR count). The Balaban J connectivity index is 1.83. The number of aliphatic hydroxyl groups is 1. The predicted molar refractivity (Wildman–Crippen MR) is 122 cm³/mol. The Morgan fingerprint density at radius 2 is 1.72 bits per heavy atom. The summed E-state index contributed by atoms with van der Waals surface area (Å²) in [5.41, 5.74) is -0.784. The Kier molecular flexibility index (Phi) is 6.14. The van der Waals surface area contributed by atoms with Crippen molar-refractivity contribution in [3.63, 3.8) is 0 Å². The van der Waals surface area contributed by atoms with Gasteiger partial charge in [-0.15, -0.1) is 0 Å². The number of nitrogens with zero attached hydrogens (tertiary/aromatic N) is 2. The lowest BCUT2D eigenvalue weighted by molar-refractivity contribution is -0.0766. The maximum atomic E-state index is 14.3. The molecule has 0 radical (unpaired) electrons. The van der Waals surface area contributed by atoms with Crippen LogP contribution in [0.5, 0.6) is 5.75 Å². The van der Waals surface area contributed by atoms with Crippen LogP contribution in [0.25, 0.3) is 0 Å². The Labute approximate surface area is 198 Å². The Morgan fingerprint density at radius 3 is 2.34 bits per heavy atom. The van der Waals surface area contributed by atoms with Crippen LogP contribution in [0, 0.1) is 5.82 Å². The Morgan fingerprint density at radius 1 is 1.06 bits per heavy atom. The van der Waals surface area contributed by atoms with Gasteiger partial charge < -0.3 is 9.84 Å². The van der Waals surface area contributed by atoms with E-state index in [1.807, 2.05) is 0 Å². The van der Waals surface area contributed by atoms with Crippen LogP contribution < -0.4 is 4.74 Å². The molecular weight excluding hydrogens is 478 g/mol. The third-order valence-electron chi connectivity index (χ3n) is 5.13. The van der Waals surface area contributed by atoms with Crippen LogP contribution in [0.3, 0.4) is 0 Å². The lowest BCUT2D eigenvalue weighted by Gasteiger charge is -2.32. The lowest BCUT2D eigenvalue weighted by atomic mass is 9.94. The van der Waals surface area contributed by atoms with E-state index in [-0.39, 0.29) is 27.6 Å². The number of methoxy groups -OCH3 is 1. The Bertz CT molecular complexity index is 1220. The molecule has 0 aliphatic carbocycles. The van der Waals surface area contributed by atoms with E-state index >= 15 is 0 Å². The maximum Gasteiger partial charge on any atom is 0.276 e. The van der Waals surface area contributed by atoms with Gasteiger partial charge in [-0.3, -0.25) is 4.79 Å². The number of carbonyl (C=O) groups is 1. The van der Waals surface area contributed by atoms with E-state index in [1.165, 1.54) is 18.2 Å². The molecule has 164 valence electrons. The van der Waals surface area contributed by atoms with Gasteiger partial charge in [0, 0.05) is 22.6 Å². The van der Waals surface area contributed by atoms with Crippen molar-refractivity contribution in [2.45, 2.75) is 12.1 Å². The van der Waals surface area contributed by atoms with Crippen molar-refractivity contribution >= 4 is 46.4 Å². The Hall–Kier alpha value is -2.64. The second kappa shape index (κ2) is 8.71. The van der Waals surface area contributed by atoms with Gasteiger partial charge in [-0.05, 0) is 66.2 Å². The van der Waals surface area contributed by atoms with E-state index in [2.05, 4.69) is 5.10 Å². The van der Waals surface area contributed by atoms with E-state index in [0.29, 0.717) is 22.0 Å². The first-order valence-corrected chi connectivity index (χ1v) is 10.6. The van der Waals surface area contributed by atoms with Crippen LogP contribution >= 0.6 is 34.8 Å². The van der Waals surface area contributed by atoms with Gasteiger partial charge in [0.1, 0.15) is 11.6 Å². The highest BCUT2D eigenvalue weighted by Crippen LogP contribution is 2.42. The van der Waals surface area contributed by atoms with Crippen molar-refractivity contribution in [1.82, 2.24) is 5.01 Å². The molecule has 32 heavy (non-hydrogen) atoms. The molecule has 3 aromatic rings. The molecule has 1 heterocycles. The molecule has 1 aliphatic heterocycles. The van der Waals surface area contributed by atoms with Gasteiger partial charge in [-0.2, -0.15) is 10.1 Å². The maximum absolute atomic E-state index is 14.3. The fraction of sp³-hybridized carbons (Fsp3) is 0.130. The molecule has 0 saturated carbocycles. The normalized spacial score (nSPS) is 17.9. The van der Waals surface area contributed by atoms with Crippen LogP contribution in [0.15, 0.2) is 65.8 Å². The summed E-state index contributed by atoms with van der Waals surface area (Å²) in [5.74, 6) is -0.755. The SMILES string of the molecule is COc1ccc(C2=NN(C(=O)c3ccc(Cl)cc3)C(O)(c3cc(F)c(Cl)cc3Cl)C2)cc1. The highest BCUT2D eigenvalue weighted by molar-refractivity contribution is 6.35. The van der Waals surface area contributed by atoms with Gasteiger partial charge in [0.2, 0.25) is 0 Å². The van der Waals surface area contributed by atoms with Crippen LogP contribution in [-0.2, 0) is 5.72 Å². The molecule has 0 bridgehead atoms. The van der Waals surface area contributed by atoms with Crippen LogP contribution in [0.2, 0.25) is 15.1 Å². The largest absolute Gasteiger partial charge is 0.497 e. The molecule has 1 amide bonds. The van der Waals surface area contributed by atoms with Crippen molar-refractivity contribution < 1.29 is 19.0 Å². The van der Waals surface area contributed by atoms with Crippen molar-refractivity contribution in [2.24, 2.45) is 5.10 Å². The summed E-state index contributed by atoms with van der Waals surface area (Å²) in [6, 6.07) is 15.3. The number of hydrogen-bond donors (Lipinski definition) is 1. The minimum absolute atomic E-state index is 0.000938. The second-order valence-corrected chi connectivity index (χ2v) is 8.39. The summed E-state index contributed by atoms with van der Waals surface area (Å²) >= 11 is 18.1. The van der Waals surface area contributed by atoms with Crippen molar-refractivity contribution in [1.29, 1.82) is 0 Å². The fourth-order valence-electron chi connectivity index (χ4n) is 3.46. The topological polar surface area (TPSA) is 62.1 Å². The standard InChI is InChI=1S/C23H16Cl3FN2O3/c1-32-16-8-4-13(5-9-16)21-12-23(31,17-10-20(27)19(26)11-18(17)25)29(28-21)22(30)14-2-6-15(24)7-3-14/h2-11,31H,12H2,1H3. The molecule has 0 aromatic heterocycles. The van der Waals surface area contributed by atoms with E-state index in [1.54, 1.807) is 43.5 Å². The fourth-order valence-corrected chi connectivity index (χ4v) is 4.12. The molecule has 0 fully saturated rings. The highest BCUT2D eigenvalue weighted by Gasteiger charge is 2.48. The summed E-state index contributed by atoms with van der Waals surface area (Å²) in [5, 5.41) is 17.2. The number of rotatable bonds is 4. The molecule has 5 nitrogen and oxygen atoms in total. The highest BCUT2D eigenvalue weighted by atomic mass is 35.5. The molecule has 9 heteroatoms.